The first-order chi connectivity index (χ1) is 28.2. The highest BCUT2D eigenvalue weighted by atomic mass is 32.1. The highest BCUT2D eigenvalue weighted by Gasteiger charge is 2.19. The smallest absolute Gasteiger partial charge is 0.164 e. The quantitative estimate of drug-likeness (QED) is 0.169. The molecule has 13 aromatic rings. The van der Waals surface area contributed by atoms with E-state index in [0.29, 0.717) is 17.5 Å². The molecule has 0 amide bonds. The first-order valence-electron chi connectivity index (χ1n) is 19.0. The van der Waals surface area contributed by atoms with Crippen LogP contribution in [0.25, 0.3) is 131 Å². The Morgan fingerprint density at radius 2 is 0.737 bits per heavy atom. The maximum Gasteiger partial charge on any atom is 0.164 e. The van der Waals surface area contributed by atoms with E-state index >= 15 is 0 Å². The molecule has 0 saturated heterocycles. The summed E-state index contributed by atoms with van der Waals surface area (Å²) in [6.45, 7) is 0. The molecule has 0 N–H and O–H groups in total. The maximum atomic E-state index is 6.18. The van der Waals surface area contributed by atoms with Crippen molar-refractivity contribution < 1.29 is 8.83 Å². The number of nitrogens with zero attached hydrogens (tertiary/aromatic N) is 3. The van der Waals surface area contributed by atoms with E-state index in [2.05, 4.69) is 103 Å². The number of para-hydroxylation sites is 2. The van der Waals surface area contributed by atoms with Crippen LogP contribution in [0, 0.1) is 0 Å². The molecule has 5 nitrogen and oxygen atoms in total. The Hall–Kier alpha value is -7.41. The molecule has 0 bridgehead atoms. The number of rotatable bonds is 3. The summed E-state index contributed by atoms with van der Waals surface area (Å²) in [4.78, 5) is 15.6. The second-order valence-electron chi connectivity index (χ2n) is 14.7. The Labute approximate surface area is 328 Å². The number of fused-ring (bicyclic) bond motifs is 16. The van der Waals surface area contributed by atoms with Gasteiger partial charge in [0.15, 0.2) is 17.5 Å². The third kappa shape index (κ3) is 4.53. The summed E-state index contributed by atoms with van der Waals surface area (Å²) in [5, 5.41) is 14.1. The fraction of sp³-hybridized carbons (Fsp3) is 0. The van der Waals surface area contributed by atoms with Gasteiger partial charge in [0, 0.05) is 63.8 Å². The van der Waals surface area contributed by atoms with Gasteiger partial charge in [0.1, 0.15) is 22.3 Å². The van der Waals surface area contributed by atoms with Gasteiger partial charge in [-0.2, -0.15) is 0 Å². The van der Waals surface area contributed by atoms with Gasteiger partial charge in [-0.05, 0) is 87.6 Å². The topological polar surface area (TPSA) is 65.0 Å². The fourth-order valence-electron chi connectivity index (χ4n) is 8.85. The number of hydrogen-bond donors (Lipinski definition) is 0. The molecule has 0 unspecified atom stereocenters. The number of hydrogen-bond acceptors (Lipinski definition) is 6. The molecule has 0 aliphatic heterocycles. The lowest BCUT2D eigenvalue weighted by Crippen LogP contribution is -2.00. The zero-order valence-corrected chi connectivity index (χ0v) is 31.0. The van der Waals surface area contributed by atoms with E-state index in [1.165, 1.54) is 47.1 Å². The van der Waals surface area contributed by atoms with Crippen molar-refractivity contribution in [1.29, 1.82) is 0 Å². The standard InChI is InChI=1S/C51H27N3O2S/c1-2-13-36-31(9-1)39-25-28(17-20-32(39)37-21-22-38-35-12-5-8-16-46(35)57-48(38)47(36)37)49-52-50(29-18-23-44-40(26-29)33-10-3-6-14-42(33)55-44)54-51(53-49)30-19-24-45-41(27-30)34-11-4-7-15-43(34)56-45/h1-27H. The predicted octanol–water partition coefficient (Wildman–Crippen LogP) is 14.5. The van der Waals surface area contributed by atoms with Crippen LogP contribution in [-0.4, -0.2) is 15.0 Å². The van der Waals surface area contributed by atoms with E-state index in [-0.39, 0.29) is 0 Å². The summed E-state index contributed by atoms with van der Waals surface area (Å²) in [6, 6.07) is 57.4. The SMILES string of the molecule is c1ccc2c(c1)oc1ccc(-c3nc(-c4ccc5oc6ccccc6c5c4)nc(-c4ccc5c(c4)c4ccccc4c4c5ccc5c6ccccc6sc54)n3)cc12. The van der Waals surface area contributed by atoms with Crippen molar-refractivity contribution >= 4 is 108 Å². The molecular weight excluding hydrogens is 719 g/mol. The minimum Gasteiger partial charge on any atom is -0.456 e. The Bertz CT molecular complexity index is 3680. The largest absolute Gasteiger partial charge is 0.456 e. The number of thiophene rings is 1. The van der Waals surface area contributed by atoms with Crippen LogP contribution in [0.15, 0.2) is 173 Å². The molecule has 9 aromatic carbocycles. The van der Waals surface area contributed by atoms with Gasteiger partial charge >= 0.3 is 0 Å². The van der Waals surface area contributed by atoms with Crippen LogP contribution in [0.3, 0.4) is 0 Å². The molecule has 57 heavy (non-hydrogen) atoms. The minimum atomic E-state index is 0.593. The summed E-state index contributed by atoms with van der Waals surface area (Å²) in [5.41, 5.74) is 6.06. The van der Waals surface area contributed by atoms with Gasteiger partial charge in [0.25, 0.3) is 0 Å². The molecule has 0 atom stereocenters. The van der Waals surface area contributed by atoms with Crippen LogP contribution >= 0.6 is 11.3 Å². The van der Waals surface area contributed by atoms with Crippen LogP contribution in [0.4, 0.5) is 0 Å². The van der Waals surface area contributed by atoms with Crippen LogP contribution in [0.1, 0.15) is 0 Å². The Morgan fingerprint density at radius 3 is 1.37 bits per heavy atom. The third-order valence-electron chi connectivity index (χ3n) is 11.5. The molecule has 4 heterocycles. The highest BCUT2D eigenvalue weighted by Crippen LogP contribution is 2.45. The summed E-state index contributed by atoms with van der Waals surface area (Å²) < 4.78 is 15.0. The highest BCUT2D eigenvalue weighted by molar-refractivity contribution is 7.26. The van der Waals surface area contributed by atoms with E-state index < -0.39 is 0 Å². The monoisotopic (exact) mass is 745 g/mol. The van der Waals surface area contributed by atoms with Gasteiger partial charge in [-0.15, -0.1) is 11.3 Å². The van der Waals surface area contributed by atoms with Crippen LogP contribution < -0.4 is 0 Å². The maximum absolute atomic E-state index is 6.18. The average Bonchev–Trinajstić information content (AvgIpc) is 3.97. The number of furan rings is 2. The zero-order chi connectivity index (χ0) is 37.2. The fourth-order valence-corrected chi connectivity index (χ4v) is 10.1. The first-order valence-corrected chi connectivity index (χ1v) is 19.8. The van der Waals surface area contributed by atoms with E-state index in [1.54, 1.807) is 0 Å². The van der Waals surface area contributed by atoms with E-state index in [4.69, 9.17) is 23.8 Å². The molecule has 0 radical (unpaired) electrons. The Balaban J connectivity index is 1.06. The second kappa shape index (κ2) is 11.6. The van der Waals surface area contributed by atoms with Gasteiger partial charge < -0.3 is 8.83 Å². The first kappa shape index (κ1) is 30.9. The van der Waals surface area contributed by atoms with Crippen LogP contribution in [0.5, 0.6) is 0 Å². The normalized spacial score (nSPS) is 12.2. The van der Waals surface area contributed by atoms with Crippen molar-refractivity contribution in [1.82, 2.24) is 15.0 Å². The Kier molecular flexibility index (Phi) is 6.26. The van der Waals surface area contributed by atoms with Crippen molar-refractivity contribution in [2.45, 2.75) is 0 Å². The molecule has 264 valence electrons. The van der Waals surface area contributed by atoms with Crippen molar-refractivity contribution in [3.05, 3.63) is 164 Å². The molecule has 13 rings (SSSR count). The van der Waals surface area contributed by atoms with Gasteiger partial charge in [0.2, 0.25) is 0 Å². The van der Waals surface area contributed by atoms with Crippen LogP contribution in [0.2, 0.25) is 0 Å². The predicted molar refractivity (Wildman–Crippen MR) is 236 cm³/mol. The molecule has 0 saturated carbocycles. The summed E-state index contributed by atoms with van der Waals surface area (Å²) >= 11 is 1.88. The van der Waals surface area contributed by atoms with Crippen molar-refractivity contribution in [3.8, 4) is 34.2 Å². The van der Waals surface area contributed by atoms with Crippen molar-refractivity contribution in [2.75, 3.05) is 0 Å². The molecule has 0 aliphatic carbocycles. The van der Waals surface area contributed by atoms with E-state index in [9.17, 15) is 0 Å². The van der Waals surface area contributed by atoms with E-state index in [0.717, 1.165) is 66.0 Å². The summed E-state index contributed by atoms with van der Waals surface area (Å²) in [6.07, 6.45) is 0. The van der Waals surface area contributed by atoms with Gasteiger partial charge in [-0.3, -0.25) is 0 Å². The minimum absolute atomic E-state index is 0.593. The molecular formula is C51H27N3O2S. The van der Waals surface area contributed by atoms with E-state index in [1.807, 2.05) is 72.0 Å². The summed E-state index contributed by atoms with van der Waals surface area (Å²) in [5.74, 6) is 1.79. The van der Waals surface area contributed by atoms with Crippen molar-refractivity contribution in [3.63, 3.8) is 0 Å². The van der Waals surface area contributed by atoms with Crippen LogP contribution in [-0.2, 0) is 0 Å². The molecule has 6 heteroatoms. The molecule has 0 aliphatic rings. The third-order valence-corrected chi connectivity index (χ3v) is 12.7. The second-order valence-corrected chi connectivity index (χ2v) is 15.7. The zero-order valence-electron chi connectivity index (χ0n) is 30.2. The average molecular weight is 746 g/mol. The molecule has 0 fully saturated rings. The lowest BCUT2D eigenvalue weighted by molar-refractivity contribution is 0.668. The molecule has 4 aromatic heterocycles. The van der Waals surface area contributed by atoms with Gasteiger partial charge in [-0.1, -0.05) is 103 Å². The van der Waals surface area contributed by atoms with Crippen molar-refractivity contribution in [2.24, 2.45) is 0 Å². The van der Waals surface area contributed by atoms with Gasteiger partial charge in [0.05, 0.1) is 0 Å². The van der Waals surface area contributed by atoms with Gasteiger partial charge in [-0.25, -0.2) is 15.0 Å². The number of benzene rings is 9. The Morgan fingerprint density at radius 1 is 0.316 bits per heavy atom. The number of aromatic nitrogens is 3. The summed E-state index contributed by atoms with van der Waals surface area (Å²) in [7, 11) is 0. The lowest BCUT2D eigenvalue weighted by atomic mass is 9.92. The lowest BCUT2D eigenvalue weighted by Gasteiger charge is -2.13. The molecule has 0 spiro atoms.